The van der Waals surface area contributed by atoms with Crippen LogP contribution >= 0.6 is 0 Å². The summed E-state index contributed by atoms with van der Waals surface area (Å²) in [5, 5.41) is 3.24. The predicted molar refractivity (Wildman–Crippen MR) is 38.2 cm³/mol. The second-order valence-corrected chi connectivity index (χ2v) is 1.95. The van der Waals surface area contributed by atoms with Crippen LogP contribution in [0.3, 0.4) is 0 Å². The summed E-state index contributed by atoms with van der Waals surface area (Å²) < 4.78 is 0. The van der Waals surface area contributed by atoms with Crippen molar-refractivity contribution < 1.29 is 0 Å². The number of hydrogen-bond acceptors (Lipinski definition) is 4. The minimum atomic E-state index is 0.463. The van der Waals surface area contributed by atoms with Crippen molar-refractivity contribution in [2.45, 2.75) is 6.92 Å². The van der Waals surface area contributed by atoms with Gasteiger partial charge in [0.1, 0.15) is 11.5 Å². The third-order valence-electron chi connectivity index (χ3n) is 1.20. The molecule has 1 aromatic heterocycles. The Morgan fingerprint density at radius 2 is 2.30 bits per heavy atom. The molecular formula is C6H8N4. The molecular weight excluding hydrogens is 128 g/mol. The van der Waals surface area contributed by atoms with Crippen LogP contribution in [0.1, 0.15) is 5.69 Å². The zero-order valence-corrected chi connectivity index (χ0v) is 5.63. The van der Waals surface area contributed by atoms with Crippen molar-refractivity contribution in [2.75, 3.05) is 5.73 Å². The Hall–Kier alpha value is -1.45. The van der Waals surface area contributed by atoms with Gasteiger partial charge in [0.05, 0.1) is 5.69 Å². The molecule has 0 spiro atoms. The molecule has 0 aliphatic heterocycles. The van der Waals surface area contributed by atoms with Crippen LogP contribution in [0.5, 0.6) is 0 Å². The Labute approximate surface area is 58.6 Å². The number of aromatic nitrogens is 1. The standard InChI is InChI=1S/C6H8N4/c1-4-5(10-8)2-3-6(7)9-4/h2-3,8H,1H3,(H2,7,9). The zero-order valence-electron chi connectivity index (χ0n) is 5.63. The number of nitrogens with two attached hydrogens (primary N) is 1. The number of rotatable bonds is 1. The summed E-state index contributed by atoms with van der Waals surface area (Å²) >= 11 is 0. The molecule has 0 aromatic carbocycles. The number of nitrogens with zero attached hydrogens (tertiary/aromatic N) is 2. The van der Waals surface area contributed by atoms with Gasteiger partial charge in [0.2, 0.25) is 0 Å². The third-order valence-corrected chi connectivity index (χ3v) is 1.20. The number of nitrogens with one attached hydrogen (secondary N) is 1. The van der Waals surface area contributed by atoms with Gasteiger partial charge in [-0.2, -0.15) is 5.11 Å². The van der Waals surface area contributed by atoms with E-state index in [0.717, 1.165) is 0 Å². The van der Waals surface area contributed by atoms with E-state index in [0.29, 0.717) is 17.2 Å². The lowest BCUT2D eigenvalue weighted by Gasteiger charge is -1.96. The molecule has 0 aliphatic carbocycles. The summed E-state index contributed by atoms with van der Waals surface area (Å²) in [5.41, 5.74) is 13.3. The molecule has 0 saturated heterocycles. The van der Waals surface area contributed by atoms with E-state index in [4.69, 9.17) is 11.3 Å². The average molecular weight is 136 g/mol. The second-order valence-electron chi connectivity index (χ2n) is 1.95. The maximum Gasteiger partial charge on any atom is 0.123 e. The van der Waals surface area contributed by atoms with Crippen molar-refractivity contribution in [1.82, 2.24) is 4.98 Å². The highest BCUT2D eigenvalue weighted by Crippen LogP contribution is 2.16. The summed E-state index contributed by atoms with van der Waals surface area (Å²) in [6.07, 6.45) is 0. The van der Waals surface area contributed by atoms with E-state index in [2.05, 4.69) is 10.1 Å². The Balaban J connectivity index is 3.19. The van der Waals surface area contributed by atoms with Crippen LogP contribution in [0.15, 0.2) is 17.2 Å². The highest BCUT2D eigenvalue weighted by molar-refractivity contribution is 5.45. The van der Waals surface area contributed by atoms with Gasteiger partial charge >= 0.3 is 0 Å². The normalized spacial score (nSPS) is 9.30. The van der Waals surface area contributed by atoms with E-state index in [1.54, 1.807) is 19.1 Å². The van der Waals surface area contributed by atoms with Gasteiger partial charge in [-0.3, -0.25) is 0 Å². The van der Waals surface area contributed by atoms with Crippen molar-refractivity contribution >= 4 is 11.5 Å². The highest BCUT2D eigenvalue weighted by Gasteiger charge is 1.95. The molecule has 0 bridgehead atoms. The Morgan fingerprint density at radius 3 is 2.80 bits per heavy atom. The summed E-state index contributed by atoms with van der Waals surface area (Å²) in [5.74, 6) is 0.463. The number of nitrogen functional groups attached to an aromatic ring is 1. The largest absolute Gasteiger partial charge is 0.384 e. The number of pyridine rings is 1. The van der Waals surface area contributed by atoms with E-state index < -0.39 is 0 Å². The van der Waals surface area contributed by atoms with Crippen LogP contribution in [-0.2, 0) is 0 Å². The van der Waals surface area contributed by atoms with E-state index >= 15 is 0 Å². The fraction of sp³-hybridized carbons (Fsp3) is 0.167. The van der Waals surface area contributed by atoms with Gasteiger partial charge in [-0.15, -0.1) is 0 Å². The first kappa shape index (κ1) is 6.67. The van der Waals surface area contributed by atoms with Crippen molar-refractivity contribution in [3.8, 4) is 0 Å². The lowest BCUT2D eigenvalue weighted by Crippen LogP contribution is -1.90. The van der Waals surface area contributed by atoms with Crippen molar-refractivity contribution in [3.63, 3.8) is 0 Å². The minimum Gasteiger partial charge on any atom is -0.384 e. The quantitative estimate of drug-likeness (QED) is 0.576. The highest BCUT2D eigenvalue weighted by atomic mass is 15.0. The molecule has 0 fully saturated rings. The third kappa shape index (κ3) is 1.10. The van der Waals surface area contributed by atoms with E-state index in [9.17, 15) is 0 Å². The molecule has 1 aromatic rings. The molecule has 4 heteroatoms. The predicted octanol–water partition coefficient (Wildman–Crippen LogP) is 1.63. The second kappa shape index (κ2) is 2.43. The van der Waals surface area contributed by atoms with Gasteiger partial charge in [-0.25, -0.2) is 10.5 Å². The molecule has 3 N–H and O–H groups in total. The Kier molecular flexibility index (Phi) is 1.62. The van der Waals surface area contributed by atoms with Crippen molar-refractivity contribution in [1.29, 1.82) is 5.53 Å². The van der Waals surface area contributed by atoms with E-state index in [1.807, 2.05) is 0 Å². The minimum absolute atomic E-state index is 0.463. The molecule has 1 rings (SSSR count). The van der Waals surface area contributed by atoms with E-state index in [1.165, 1.54) is 0 Å². The van der Waals surface area contributed by atoms with Gasteiger partial charge < -0.3 is 5.73 Å². The van der Waals surface area contributed by atoms with Crippen LogP contribution in [0.2, 0.25) is 0 Å². The molecule has 0 amide bonds. The van der Waals surface area contributed by atoms with Gasteiger partial charge in [0, 0.05) is 0 Å². The van der Waals surface area contributed by atoms with Crippen LogP contribution in [0.25, 0.3) is 0 Å². The smallest absolute Gasteiger partial charge is 0.123 e. The fourth-order valence-electron chi connectivity index (χ4n) is 0.691. The SMILES string of the molecule is Cc1nc(N)ccc1N=N. The molecule has 10 heavy (non-hydrogen) atoms. The summed E-state index contributed by atoms with van der Waals surface area (Å²) in [6, 6.07) is 3.30. The first-order valence-corrected chi connectivity index (χ1v) is 2.84. The van der Waals surface area contributed by atoms with Crippen LogP contribution in [0, 0.1) is 12.5 Å². The van der Waals surface area contributed by atoms with Gasteiger partial charge in [0.25, 0.3) is 0 Å². The lowest BCUT2D eigenvalue weighted by atomic mass is 10.3. The summed E-state index contributed by atoms with van der Waals surface area (Å²) in [6.45, 7) is 1.77. The van der Waals surface area contributed by atoms with Crippen LogP contribution in [-0.4, -0.2) is 4.98 Å². The first-order chi connectivity index (χ1) is 4.74. The monoisotopic (exact) mass is 136 g/mol. The number of aryl methyl sites for hydroxylation is 1. The Morgan fingerprint density at radius 1 is 1.60 bits per heavy atom. The fourth-order valence-corrected chi connectivity index (χ4v) is 0.691. The summed E-state index contributed by atoms with van der Waals surface area (Å²) in [4.78, 5) is 3.91. The van der Waals surface area contributed by atoms with Crippen molar-refractivity contribution in [3.05, 3.63) is 17.8 Å². The van der Waals surface area contributed by atoms with Crippen LogP contribution < -0.4 is 5.73 Å². The average Bonchev–Trinajstić information content (AvgIpc) is 1.88. The molecule has 0 atom stereocenters. The Bertz CT molecular complexity index is 256. The number of hydrogen-bond donors (Lipinski definition) is 2. The maximum atomic E-state index is 6.70. The first-order valence-electron chi connectivity index (χ1n) is 2.84. The molecule has 4 nitrogen and oxygen atoms in total. The van der Waals surface area contributed by atoms with Gasteiger partial charge in [-0.05, 0) is 19.1 Å². The lowest BCUT2D eigenvalue weighted by molar-refractivity contribution is 1.09. The molecule has 0 unspecified atom stereocenters. The molecule has 52 valence electrons. The van der Waals surface area contributed by atoms with Gasteiger partial charge in [-0.1, -0.05) is 0 Å². The summed E-state index contributed by atoms with van der Waals surface area (Å²) in [7, 11) is 0. The topological polar surface area (TPSA) is 75.1 Å². The molecule has 0 radical (unpaired) electrons. The number of anilines is 1. The molecule has 1 heterocycles. The van der Waals surface area contributed by atoms with Gasteiger partial charge in [0.15, 0.2) is 0 Å². The zero-order chi connectivity index (χ0) is 7.56. The maximum absolute atomic E-state index is 6.70. The molecule has 0 aliphatic rings. The van der Waals surface area contributed by atoms with Crippen LogP contribution in [0.4, 0.5) is 11.5 Å². The van der Waals surface area contributed by atoms with E-state index in [-0.39, 0.29) is 0 Å². The molecule has 0 saturated carbocycles. The van der Waals surface area contributed by atoms with Crippen molar-refractivity contribution in [2.24, 2.45) is 5.11 Å².